The smallest absolute Gasteiger partial charge is 0.308 e. The van der Waals surface area contributed by atoms with Crippen LogP contribution in [0.4, 0.5) is 0 Å². The van der Waals surface area contributed by atoms with E-state index < -0.39 is 53.9 Å². The number of likely N-dealkylation sites (N-methyl/N-ethyl adjacent to an activating group) is 1. The summed E-state index contributed by atoms with van der Waals surface area (Å²) in [4.78, 5) is 58.3. The van der Waals surface area contributed by atoms with Gasteiger partial charge in [-0.05, 0) is 63.9 Å². The summed E-state index contributed by atoms with van der Waals surface area (Å²) in [5.41, 5.74) is 4.69. The van der Waals surface area contributed by atoms with Crippen LogP contribution in [0.2, 0.25) is 0 Å². The first-order valence-corrected chi connectivity index (χ1v) is 17.6. The molecule has 0 unspecified atom stereocenters. The zero-order valence-electron chi connectivity index (χ0n) is 30.2. The van der Waals surface area contributed by atoms with Gasteiger partial charge in [-0.1, -0.05) is 18.2 Å². The summed E-state index contributed by atoms with van der Waals surface area (Å²) in [6.45, 7) is 6.33. The van der Waals surface area contributed by atoms with E-state index in [4.69, 9.17) is 18.9 Å². The molecule has 0 aromatic heterocycles. The number of aryl methyl sites for hydroxylation is 1. The van der Waals surface area contributed by atoms with Crippen LogP contribution in [-0.2, 0) is 22.4 Å². The number of nitrogens with one attached hydrogen (secondary N) is 1. The number of hydrogen-bond acceptors (Lipinski definition) is 12. The van der Waals surface area contributed by atoms with Crippen molar-refractivity contribution < 1.29 is 43.2 Å². The monoisotopic (exact) mass is 721 g/mol. The lowest BCUT2D eigenvalue weighted by Gasteiger charge is -2.60. The van der Waals surface area contributed by atoms with Crippen LogP contribution < -0.4 is 24.3 Å². The SMILES string of the molecule is COc1c(C)cc2c(c1O)[C@@H]1[C@@H]3Cc4c(OC(C)=O)c(C)c5c(c4[C@H](CNC(=O)[C@H](C)N4C(=O)c6ccccc6C4=O)N3[C@@H](C#N)[C@H](C2)N1C)OCO5. The highest BCUT2D eigenvalue weighted by Gasteiger charge is 2.57. The molecule has 0 saturated carbocycles. The Morgan fingerprint density at radius 3 is 2.38 bits per heavy atom. The van der Waals surface area contributed by atoms with E-state index in [0.29, 0.717) is 58.1 Å². The number of imide groups is 1. The van der Waals surface area contributed by atoms with E-state index in [9.17, 15) is 29.5 Å². The lowest BCUT2D eigenvalue weighted by atomic mass is 9.71. The van der Waals surface area contributed by atoms with E-state index in [0.717, 1.165) is 16.0 Å². The molecule has 1 fully saturated rings. The molecule has 5 aliphatic heterocycles. The summed E-state index contributed by atoms with van der Waals surface area (Å²) < 4.78 is 23.6. The van der Waals surface area contributed by atoms with E-state index in [1.807, 2.05) is 20.0 Å². The van der Waals surface area contributed by atoms with Crippen LogP contribution in [0.1, 0.15) is 80.0 Å². The van der Waals surface area contributed by atoms with Gasteiger partial charge in [-0.15, -0.1) is 0 Å². The summed E-state index contributed by atoms with van der Waals surface area (Å²) in [5, 5.41) is 25.7. The van der Waals surface area contributed by atoms with E-state index in [1.165, 1.54) is 21.0 Å². The molecule has 3 amide bonds. The molecule has 8 rings (SSSR count). The second-order valence-corrected chi connectivity index (χ2v) is 14.3. The van der Waals surface area contributed by atoms with Gasteiger partial charge in [0.1, 0.15) is 17.8 Å². The number of phenols is 1. The molecule has 2 N–H and O–H groups in total. The number of aromatic hydroxyl groups is 1. The zero-order chi connectivity index (χ0) is 37.6. The zero-order valence-corrected chi connectivity index (χ0v) is 30.2. The molecule has 6 atom stereocenters. The summed E-state index contributed by atoms with van der Waals surface area (Å²) in [6, 6.07) is 7.22. The van der Waals surface area contributed by atoms with Gasteiger partial charge in [0.25, 0.3) is 11.8 Å². The summed E-state index contributed by atoms with van der Waals surface area (Å²) >= 11 is 0. The summed E-state index contributed by atoms with van der Waals surface area (Å²) in [6.07, 6.45) is 0.759. The van der Waals surface area contributed by atoms with E-state index in [1.54, 1.807) is 31.2 Å². The Bertz CT molecular complexity index is 2140. The molecule has 14 nitrogen and oxygen atoms in total. The number of carbonyl (C=O) groups is 4. The van der Waals surface area contributed by atoms with Gasteiger partial charge in [-0.3, -0.25) is 33.9 Å². The lowest BCUT2D eigenvalue weighted by molar-refractivity contribution is -0.132. The number of fused-ring (bicyclic) bond motifs is 10. The molecule has 5 aliphatic rings. The van der Waals surface area contributed by atoms with Gasteiger partial charge in [0.05, 0.1) is 36.4 Å². The topological polar surface area (TPSA) is 171 Å². The number of methoxy groups -OCH3 is 1. The predicted molar refractivity (Wildman–Crippen MR) is 187 cm³/mol. The van der Waals surface area contributed by atoms with Crippen molar-refractivity contribution in [1.82, 2.24) is 20.0 Å². The number of benzene rings is 3. The minimum atomic E-state index is -1.15. The third-order valence-electron chi connectivity index (χ3n) is 11.6. The highest BCUT2D eigenvalue weighted by molar-refractivity contribution is 6.22. The van der Waals surface area contributed by atoms with Crippen molar-refractivity contribution in [3.63, 3.8) is 0 Å². The van der Waals surface area contributed by atoms with Crippen molar-refractivity contribution in [1.29, 1.82) is 5.26 Å². The maximum absolute atomic E-state index is 14.0. The van der Waals surface area contributed by atoms with Gasteiger partial charge in [0.15, 0.2) is 23.0 Å². The molecule has 3 aromatic rings. The molecular formula is C39H39N5O9. The van der Waals surface area contributed by atoms with Crippen LogP contribution in [0, 0.1) is 25.2 Å². The molecule has 5 heterocycles. The molecule has 274 valence electrons. The fourth-order valence-corrected chi connectivity index (χ4v) is 9.33. The first-order valence-electron chi connectivity index (χ1n) is 17.6. The van der Waals surface area contributed by atoms with Crippen LogP contribution in [-0.4, -0.2) is 95.2 Å². The van der Waals surface area contributed by atoms with E-state index in [2.05, 4.69) is 21.2 Å². The molecule has 53 heavy (non-hydrogen) atoms. The first kappa shape index (κ1) is 34.4. The Kier molecular flexibility index (Phi) is 8.12. The maximum Gasteiger partial charge on any atom is 0.308 e. The lowest BCUT2D eigenvalue weighted by Crippen LogP contribution is -2.69. The molecule has 1 saturated heterocycles. The minimum Gasteiger partial charge on any atom is -0.504 e. The Morgan fingerprint density at radius 1 is 1.06 bits per heavy atom. The van der Waals surface area contributed by atoms with Crippen LogP contribution in [0.5, 0.6) is 28.7 Å². The number of carbonyl (C=O) groups excluding carboxylic acids is 4. The van der Waals surface area contributed by atoms with Crippen molar-refractivity contribution in [2.75, 3.05) is 27.5 Å². The number of nitriles is 1. The predicted octanol–water partition coefficient (Wildman–Crippen LogP) is 3.24. The number of hydrogen-bond donors (Lipinski definition) is 2. The largest absolute Gasteiger partial charge is 0.504 e. The molecule has 14 heteroatoms. The maximum atomic E-state index is 14.0. The molecule has 0 radical (unpaired) electrons. The standard InChI is InChI=1S/C39H39N5O9/c1-17-11-21-12-25-27(14-40)44-26(31(42(25)5)29(21)32(46)33(17)50-6)13-24-30(36-35(51-16-52-36)18(2)34(24)53-20(4)45)28(44)15-41-37(47)19(3)43-38(48)22-9-7-8-10-23(22)39(43)49/h7-11,19,25-28,31,46H,12-13,15-16H2,1-6H3,(H,41,47)/t19-,25-,26-,27-,28-,31-/m0/s1. The van der Waals surface area contributed by atoms with Crippen molar-refractivity contribution >= 4 is 23.7 Å². The molecule has 0 spiro atoms. The van der Waals surface area contributed by atoms with Crippen LogP contribution >= 0.6 is 0 Å². The number of nitrogens with zero attached hydrogens (tertiary/aromatic N) is 4. The van der Waals surface area contributed by atoms with Crippen molar-refractivity contribution in [2.24, 2.45) is 0 Å². The average Bonchev–Trinajstić information content (AvgIpc) is 3.72. The second kappa shape index (κ2) is 12.5. The number of piperazine rings is 1. The molecule has 0 aliphatic carbocycles. The van der Waals surface area contributed by atoms with Gasteiger partial charge < -0.3 is 29.4 Å². The average molecular weight is 722 g/mol. The summed E-state index contributed by atoms with van der Waals surface area (Å²) in [7, 11) is 3.46. The van der Waals surface area contributed by atoms with Gasteiger partial charge in [0, 0.05) is 47.8 Å². The first-order chi connectivity index (χ1) is 25.4. The van der Waals surface area contributed by atoms with E-state index >= 15 is 0 Å². The highest BCUT2D eigenvalue weighted by atomic mass is 16.7. The molecular weight excluding hydrogens is 682 g/mol. The quantitative estimate of drug-likeness (QED) is 0.217. The Hall–Kier alpha value is -5.65. The molecule has 2 bridgehead atoms. The number of ether oxygens (including phenoxy) is 4. The van der Waals surface area contributed by atoms with Gasteiger partial charge in [-0.25, -0.2) is 0 Å². The Morgan fingerprint density at radius 2 is 1.74 bits per heavy atom. The van der Waals surface area contributed by atoms with Crippen molar-refractivity contribution in [3.8, 4) is 34.8 Å². The number of amides is 3. The van der Waals surface area contributed by atoms with Crippen molar-refractivity contribution in [2.45, 2.75) is 76.8 Å². The minimum absolute atomic E-state index is 0.0284. The van der Waals surface area contributed by atoms with Crippen molar-refractivity contribution in [3.05, 3.63) is 74.8 Å². The Balaban J connectivity index is 1.25. The van der Waals surface area contributed by atoms with Crippen LogP contribution in [0.25, 0.3) is 0 Å². The number of rotatable bonds is 6. The fraction of sp³-hybridized carbons (Fsp3) is 0.410. The fourth-order valence-electron chi connectivity index (χ4n) is 9.33. The normalized spacial score (nSPS) is 24.4. The van der Waals surface area contributed by atoms with Gasteiger partial charge in [-0.2, -0.15) is 5.26 Å². The number of esters is 1. The Labute approximate surface area is 305 Å². The van der Waals surface area contributed by atoms with Gasteiger partial charge >= 0.3 is 5.97 Å². The second-order valence-electron chi connectivity index (χ2n) is 14.3. The summed E-state index contributed by atoms with van der Waals surface area (Å²) in [5.74, 6) is -0.674. The highest BCUT2D eigenvalue weighted by Crippen LogP contribution is 2.58. The molecule has 3 aromatic carbocycles. The third-order valence-corrected chi connectivity index (χ3v) is 11.6. The van der Waals surface area contributed by atoms with Crippen LogP contribution in [0.3, 0.4) is 0 Å². The third kappa shape index (κ3) is 4.90. The number of phenolic OH excluding ortho intramolecular Hbond substituents is 1. The van der Waals surface area contributed by atoms with Gasteiger partial charge in [0.2, 0.25) is 12.7 Å². The van der Waals surface area contributed by atoms with E-state index in [-0.39, 0.29) is 36.3 Å². The van der Waals surface area contributed by atoms with Crippen LogP contribution in [0.15, 0.2) is 30.3 Å².